The fourth-order valence-electron chi connectivity index (χ4n) is 6.10. The normalized spacial score (nSPS) is 20.4. The molecule has 234 valence electrons. The first kappa shape index (κ1) is 30.3. The van der Waals surface area contributed by atoms with Gasteiger partial charge in [0.2, 0.25) is 11.8 Å². The minimum Gasteiger partial charge on any atom is -0.373 e. The van der Waals surface area contributed by atoms with Crippen LogP contribution in [0.1, 0.15) is 71.9 Å². The minimum absolute atomic E-state index is 0.0147. The summed E-state index contributed by atoms with van der Waals surface area (Å²) in [6.45, 7) is 2.22. The SMILES string of the molecule is CCCc1cc(N[C@@H]2CC[C@@H](NC(=O)C#CC#CCNc3cccc4c3C(=O)N(C3CCC(=O)NC3=O)C4=O)C2)n2nccc2n1. The number of carbonyl (C=O) groups excluding carboxylic acids is 5. The third kappa shape index (κ3) is 6.26. The van der Waals surface area contributed by atoms with E-state index in [1.807, 2.05) is 12.1 Å². The Morgan fingerprint density at radius 2 is 1.91 bits per heavy atom. The van der Waals surface area contributed by atoms with Crippen molar-refractivity contribution in [1.82, 2.24) is 30.1 Å². The lowest BCUT2D eigenvalue weighted by molar-refractivity contribution is -0.136. The van der Waals surface area contributed by atoms with E-state index < -0.39 is 35.6 Å². The van der Waals surface area contributed by atoms with Gasteiger partial charge < -0.3 is 16.0 Å². The molecule has 3 atom stereocenters. The average Bonchev–Trinajstić information content (AvgIpc) is 3.74. The Balaban J connectivity index is 0.998. The number of imide groups is 2. The van der Waals surface area contributed by atoms with E-state index in [1.54, 1.807) is 22.8 Å². The van der Waals surface area contributed by atoms with Crippen LogP contribution in [0.5, 0.6) is 0 Å². The van der Waals surface area contributed by atoms with Gasteiger partial charge in [-0.15, -0.1) is 0 Å². The smallest absolute Gasteiger partial charge is 0.297 e. The summed E-state index contributed by atoms with van der Waals surface area (Å²) in [5.41, 5.74) is 2.52. The van der Waals surface area contributed by atoms with Crippen LogP contribution in [-0.2, 0) is 20.8 Å². The molecule has 4 heterocycles. The maximum absolute atomic E-state index is 13.2. The van der Waals surface area contributed by atoms with Gasteiger partial charge in [0, 0.05) is 47.9 Å². The molecule has 1 saturated heterocycles. The predicted octanol–water partition coefficient (Wildman–Crippen LogP) is 1.65. The van der Waals surface area contributed by atoms with E-state index in [0.29, 0.717) is 5.69 Å². The number of carbonyl (C=O) groups is 5. The zero-order valence-electron chi connectivity index (χ0n) is 25.2. The molecule has 5 amide bonds. The van der Waals surface area contributed by atoms with Crippen molar-refractivity contribution < 1.29 is 24.0 Å². The molecule has 3 aliphatic rings. The van der Waals surface area contributed by atoms with E-state index in [0.717, 1.165) is 54.2 Å². The zero-order valence-corrected chi connectivity index (χ0v) is 25.2. The van der Waals surface area contributed by atoms with E-state index in [9.17, 15) is 24.0 Å². The topological polar surface area (TPSA) is 167 Å². The van der Waals surface area contributed by atoms with Crippen molar-refractivity contribution in [2.45, 2.75) is 70.0 Å². The third-order valence-electron chi connectivity index (χ3n) is 8.20. The molecule has 0 bridgehead atoms. The molecule has 3 aromatic rings. The van der Waals surface area contributed by atoms with Gasteiger partial charge in [0.1, 0.15) is 11.9 Å². The molecule has 0 spiro atoms. The monoisotopic (exact) mass is 620 g/mol. The molecule has 4 N–H and O–H groups in total. The van der Waals surface area contributed by atoms with E-state index in [1.165, 1.54) is 6.07 Å². The van der Waals surface area contributed by atoms with Crippen molar-refractivity contribution in [1.29, 1.82) is 0 Å². The average molecular weight is 621 g/mol. The number of anilines is 2. The number of rotatable bonds is 8. The standard InChI is InChI=1S/C33H32N8O5/c1-2-7-20-19-27(41-26(36-20)15-17-35-41)37-21-11-12-22(18-21)38-28(42)10-4-3-5-16-34-24-9-6-8-23-30(24)33(46)40(32(23)45)25-13-14-29(43)39-31(25)44/h6,8-9,15,17,19,21-22,25,34,37H,2,7,11-14,16,18H2,1H3,(H,38,42)(H,39,43,44)/t21-,22-,25?/m1/s1. The summed E-state index contributed by atoms with van der Waals surface area (Å²) >= 11 is 0. The van der Waals surface area contributed by atoms with Crippen LogP contribution in [0.3, 0.4) is 0 Å². The number of fused-ring (bicyclic) bond motifs is 2. The molecule has 1 saturated carbocycles. The largest absolute Gasteiger partial charge is 0.373 e. The number of hydrogen-bond acceptors (Lipinski definition) is 9. The van der Waals surface area contributed by atoms with Gasteiger partial charge in [-0.2, -0.15) is 9.61 Å². The Labute approximate surface area is 264 Å². The van der Waals surface area contributed by atoms with Crippen molar-refractivity contribution in [2.75, 3.05) is 17.2 Å². The molecule has 2 fully saturated rings. The van der Waals surface area contributed by atoms with Gasteiger partial charge in [0.25, 0.3) is 17.7 Å². The minimum atomic E-state index is -1.04. The Morgan fingerprint density at radius 3 is 2.74 bits per heavy atom. The highest BCUT2D eigenvalue weighted by atomic mass is 16.2. The van der Waals surface area contributed by atoms with Crippen molar-refractivity contribution in [3.05, 3.63) is 53.3 Å². The van der Waals surface area contributed by atoms with E-state index in [4.69, 9.17) is 0 Å². The fraction of sp³-hybridized carbons (Fsp3) is 0.364. The number of hydrogen-bond donors (Lipinski definition) is 4. The molecule has 1 aromatic carbocycles. The number of amides is 5. The third-order valence-corrected chi connectivity index (χ3v) is 8.20. The van der Waals surface area contributed by atoms with Crippen molar-refractivity contribution in [3.63, 3.8) is 0 Å². The quantitative estimate of drug-likeness (QED) is 0.216. The second-order valence-electron chi connectivity index (χ2n) is 11.4. The van der Waals surface area contributed by atoms with Gasteiger partial charge in [-0.25, -0.2) is 4.98 Å². The molecule has 2 aromatic heterocycles. The lowest BCUT2D eigenvalue weighted by Gasteiger charge is -2.27. The second-order valence-corrected chi connectivity index (χ2v) is 11.4. The number of nitrogens with zero attached hydrogens (tertiary/aromatic N) is 4. The first-order valence-electron chi connectivity index (χ1n) is 15.3. The molecule has 46 heavy (non-hydrogen) atoms. The van der Waals surface area contributed by atoms with Crippen LogP contribution < -0.4 is 21.3 Å². The zero-order chi connectivity index (χ0) is 32.2. The maximum Gasteiger partial charge on any atom is 0.297 e. The maximum atomic E-state index is 13.2. The summed E-state index contributed by atoms with van der Waals surface area (Å²) in [6, 6.07) is 7.82. The number of piperidine rings is 1. The number of aryl methyl sites for hydroxylation is 1. The van der Waals surface area contributed by atoms with Crippen LogP contribution in [-0.4, -0.2) is 73.7 Å². The molecular weight excluding hydrogens is 588 g/mol. The number of nitrogens with one attached hydrogen (secondary N) is 4. The molecule has 1 aliphatic carbocycles. The summed E-state index contributed by atoms with van der Waals surface area (Å²) in [5, 5.41) is 16.1. The molecule has 1 unspecified atom stereocenters. The lowest BCUT2D eigenvalue weighted by Crippen LogP contribution is -2.54. The summed E-state index contributed by atoms with van der Waals surface area (Å²) in [5.74, 6) is 8.69. The van der Waals surface area contributed by atoms with E-state index >= 15 is 0 Å². The highest BCUT2D eigenvalue weighted by Gasteiger charge is 2.45. The van der Waals surface area contributed by atoms with Crippen molar-refractivity contribution in [2.24, 2.45) is 0 Å². The van der Waals surface area contributed by atoms with Crippen LogP contribution in [0, 0.1) is 23.7 Å². The van der Waals surface area contributed by atoms with Gasteiger partial charge in [-0.3, -0.25) is 34.2 Å². The number of benzene rings is 1. The predicted molar refractivity (Wildman–Crippen MR) is 167 cm³/mol. The van der Waals surface area contributed by atoms with Crippen LogP contribution >= 0.6 is 0 Å². The molecule has 6 rings (SSSR count). The summed E-state index contributed by atoms with van der Waals surface area (Å²) in [7, 11) is 0. The van der Waals surface area contributed by atoms with Crippen LogP contribution in [0.25, 0.3) is 5.65 Å². The Hall–Kier alpha value is -5.69. The van der Waals surface area contributed by atoms with Crippen molar-refractivity contribution >= 4 is 46.7 Å². The Morgan fingerprint density at radius 1 is 1.07 bits per heavy atom. The highest BCUT2D eigenvalue weighted by Crippen LogP contribution is 2.32. The molecule has 13 nitrogen and oxygen atoms in total. The first-order valence-corrected chi connectivity index (χ1v) is 15.3. The molecule has 13 heteroatoms. The number of aromatic nitrogens is 3. The van der Waals surface area contributed by atoms with Gasteiger partial charge in [0.15, 0.2) is 5.65 Å². The van der Waals surface area contributed by atoms with Crippen molar-refractivity contribution in [3.8, 4) is 23.7 Å². The second kappa shape index (κ2) is 13.1. The molecule has 2 aliphatic heterocycles. The van der Waals surface area contributed by atoms with E-state index in [-0.39, 0.29) is 42.6 Å². The summed E-state index contributed by atoms with van der Waals surface area (Å²) in [6.07, 6.45) is 6.20. The van der Waals surface area contributed by atoms with Gasteiger partial charge in [-0.05, 0) is 56.1 Å². The molecule has 0 radical (unpaired) electrons. The lowest BCUT2D eigenvalue weighted by atomic mass is 10.0. The molecular formula is C33H32N8O5. The summed E-state index contributed by atoms with van der Waals surface area (Å²) in [4.78, 5) is 68.0. The van der Waals surface area contributed by atoms with Gasteiger partial charge in [-0.1, -0.05) is 25.3 Å². The van der Waals surface area contributed by atoms with Crippen LogP contribution in [0.4, 0.5) is 11.5 Å². The summed E-state index contributed by atoms with van der Waals surface area (Å²) < 4.78 is 1.79. The van der Waals surface area contributed by atoms with Gasteiger partial charge in [0.05, 0.1) is 23.9 Å². The highest BCUT2D eigenvalue weighted by molar-refractivity contribution is 6.25. The van der Waals surface area contributed by atoms with E-state index in [2.05, 4.69) is 62.0 Å². The Kier molecular flexibility index (Phi) is 8.65. The fourth-order valence-corrected chi connectivity index (χ4v) is 6.10. The van der Waals surface area contributed by atoms with Gasteiger partial charge >= 0.3 is 0 Å². The van der Waals surface area contributed by atoms with Crippen LogP contribution in [0.2, 0.25) is 0 Å². The van der Waals surface area contributed by atoms with Crippen LogP contribution in [0.15, 0.2) is 36.5 Å². The first-order chi connectivity index (χ1) is 22.3. The Bertz CT molecular complexity index is 1880.